The van der Waals surface area contributed by atoms with E-state index in [-0.39, 0.29) is 23.8 Å². The Bertz CT molecular complexity index is 623. The highest BCUT2D eigenvalue weighted by Gasteiger charge is 2.44. The molecule has 3 fully saturated rings. The Morgan fingerprint density at radius 2 is 2.16 bits per heavy atom. The smallest absolute Gasteiger partial charge is 0.249 e. The van der Waals surface area contributed by atoms with Crippen molar-refractivity contribution in [3.8, 4) is 0 Å². The van der Waals surface area contributed by atoms with Gasteiger partial charge in [-0.3, -0.25) is 9.59 Å². The van der Waals surface area contributed by atoms with Crippen LogP contribution >= 0.6 is 0 Å². The lowest BCUT2D eigenvalue weighted by Crippen LogP contribution is -2.49. The molecule has 2 saturated heterocycles. The molecule has 0 aromatic carbocycles. The van der Waals surface area contributed by atoms with Crippen molar-refractivity contribution in [2.75, 3.05) is 13.1 Å². The monoisotopic (exact) mass is 346 g/mol. The summed E-state index contributed by atoms with van der Waals surface area (Å²) in [6.07, 6.45) is 4.89. The van der Waals surface area contributed by atoms with E-state index in [2.05, 4.69) is 12.2 Å². The number of furan rings is 1. The molecule has 3 aliphatic rings. The molecule has 0 spiro atoms. The van der Waals surface area contributed by atoms with E-state index in [1.54, 1.807) is 12.3 Å². The number of hydrogen-bond acceptors (Lipinski definition) is 4. The van der Waals surface area contributed by atoms with E-state index in [0.29, 0.717) is 24.9 Å². The molecule has 2 amide bonds. The molecule has 1 N–H and O–H groups in total. The fourth-order valence-electron chi connectivity index (χ4n) is 4.36. The van der Waals surface area contributed by atoms with Crippen LogP contribution in [-0.2, 0) is 20.9 Å². The minimum absolute atomic E-state index is 0.00503. The Morgan fingerprint density at radius 3 is 2.88 bits per heavy atom. The van der Waals surface area contributed by atoms with Gasteiger partial charge in [-0.2, -0.15) is 0 Å². The molecule has 4 rings (SSSR count). The Labute approximate surface area is 147 Å². The molecular weight excluding hydrogens is 320 g/mol. The summed E-state index contributed by atoms with van der Waals surface area (Å²) in [6.45, 7) is 4.01. The highest BCUT2D eigenvalue weighted by Crippen LogP contribution is 2.38. The van der Waals surface area contributed by atoms with E-state index < -0.39 is 6.10 Å². The van der Waals surface area contributed by atoms with Gasteiger partial charge in [0.1, 0.15) is 11.9 Å². The number of nitrogens with zero attached hydrogens (tertiary/aromatic N) is 1. The van der Waals surface area contributed by atoms with Crippen LogP contribution in [0.25, 0.3) is 0 Å². The van der Waals surface area contributed by atoms with Crippen LogP contribution in [0, 0.1) is 17.8 Å². The molecule has 2 aliphatic heterocycles. The Kier molecular flexibility index (Phi) is 4.54. The maximum absolute atomic E-state index is 12.5. The van der Waals surface area contributed by atoms with Gasteiger partial charge in [0, 0.05) is 19.0 Å². The van der Waals surface area contributed by atoms with Crippen LogP contribution in [0.15, 0.2) is 22.8 Å². The fraction of sp³-hybridized carbons (Fsp3) is 0.684. The van der Waals surface area contributed by atoms with Crippen LogP contribution in [0.1, 0.15) is 38.4 Å². The summed E-state index contributed by atoms with van der Waals surface area (Å²) in [7, 11) is 0. The van der Waals surface area contributed by atoms with Crippen LogP contribution < -0.4 is 5.32 Å². The van der Waals surface area contributed by atoms with Gasteiger partial charge in [0.25, 0.3) is 0 Å². The average Bonchev–Trinajstić information content (AvgIpc) is 3.24. The van der Waals surface area contributed by atoms with Gasteiger partial charge in [-0.05, 0) is 49.7 Å². The van der Waals surface area contributed by atoms with Crippen molar-refractivity contribution in [1.29, 1.82) is 0 Å². The van der Waals surface area contributed by atoms with E-state index in [9.17, 15) is 9.59 Å². The lowest BCUT2D eigenvalue weighted by atomic mass is 9.75. The number of carbonyl (C=O) groups is 2. The van der Waals surface area contributed by atoms with E-state index in [0.717, 1.165) is 38.0 Å². The van der Waals surface area contributed by atoms with Gasteiger partial charge in [0.05, 0.1) is 18.9 Å². The number of carbonyl (C=O) groups excluding carboxylic acids is 2. The van der Waals surface area contributed by atoms with Gasteiger partial charge in [-0.1, -0.05) is 6.92 Å². The average molecular weight is 346 g/mol. The van der Waals surface area contributed by atoms with E-state index in [1.165, 1.54) is 0 Å². The Balaban J connectivity index is 1.28. The first-order chi connectivity index (χ1) is 12.1. The summed E-state index contributed by atoms with van der Waals surface area (Å²) >= 11 is 0. The molecule has 1 aromatic heterocycles. The molecular formula is C19H26N2O4. The summed E-state index contributed by atoms with van der Waals surface area (Å²) in [5, 5.41) is 2.87. The number of rotatable bonds is 4. The first-order valence-electron chi connectivity index (χ1n) is 9.34. The molecule has 3 atom stereocenters. The molecule has 136 valence electrons. The zero-order valence-corrected chi connectivity index (χ0v) is 14.6. The second kappa shape index (κ2) is 6.83. The number of nitrogens with one attached hydrogen (secondary N) is 1. The number of amides is 2. The molecule has 6 heteroatoms. The number of hydrogen-bond donors (Lipinski definition) is 1. The summed E-state index contributed by atoms with van der Waals surface area (Å²) in [6, 6.07) is 3.64. The van der Waals surface area contributed by atoms with Crippen molar-refractivity contribution >= 4 is 11.8 Å². The normalized spacial score (nSPS) is 34.3. The summed E-state index contributed by atoms with van der Waals surface area (Å²) in [4.78, 5) is 26.8. The third kappa shape index (κ3) is 3.45. The zero-order chi connectivity index (χ0) is 17.4. The van der Waals surface area contributed by atoms with Crippen molar-refractivity contribution < 1.29 is 18.7 Å². The molecule has 1 aliphatic carbocycles. The first kappa shape index (κ1) is 16.6. The van der Waals surface area contributed by atoms with Crippen LogP contribution in [0.4, 0.5) is 0 Å². The van der Waals surface area contributed by atoms with Crippen LogP contribution in [0.2, 0.25) is 0 Å². The van der Waals surface area contributed by atoms with Crippen LogP contribution in [0.3, 0.4) is 0 Å². The van der Waals surface area contributed by atoms with Crippen molar-refractivity contribution in [2.45, 2.75) is 51.4 Å². The van der Waals surface area contributed by atoms with Gasteiger partial charge < -0.3 is 19.4 Å². The van der Waals surface area contributed by atoms with Crippen molar-refractivity contribution in [3.05, 3.63) is 24.2 Å². The minimum atomic E-state index is -0.413. The molecule has 0 bridgehead atoms. The second-order valence-electron chi connectivity index (χ2n) is 7.80. The molecule has 6 nitrogen and oxygen atoms in total. The number of fused-ring (bicyclic) bond motifs is 1. The van der Waals surface area contributed by atoms with E-state index in [1.807, 2.05) is 11.0 Å². The minimum Gasteiger partial charge on any atom is -0.467 e. The van der Waals surface area contributed by atoms with Gasteiger partial charge in [0.2, 0.25) is 11.8 Å². The highest BCUT2D eigenvalue weighted by atomic mass is 16.5. The summed E-state index contributed by atoms with van der Waals surface area (Å²) in [5.74, 6) is 2.19. The second-order valence-corrected chi connectivity index (χ2v) is 7.80. The lowest BCUT2D eigenvalue weighted by molar-refractivity contribution is -0.145. The molecule has 25 heavy (non-hydrogen) atoms. The standard InChI is InChI=1S/C19H26N2O4/c1-12-7-14(8-12)19(23)21-5-4-13-9-16(25-17(13)11-21)18(22)20-10-15-3-2-6-24-15/h2-3,6,12-14,16-17H,4-5,7-11H2,1H3,(H,20,22)/t12?,13-,14?,16+,17+/m1/s1. The Morgan fingerprint density at radius 1 is 1.32 bits per heavy atom. The number of ether oxygens (including phenoxy) is 1. The van der Waals surface area contributed by atoms with Gasteiger partial charge in [-0.25, -0.2) is 0 Å². The van der Waals surface area contributed by atoms with Crippen molar-refractivity contribution in [1.82, 2.24) is 10.2 Å². The topological polar surface area (TPSA) is 71.8 Å². The van der Waals surface area contributed by atoms with Gasteiger partial charge in [-0.15, -0.1) is 0 Å². The Hall–Kier alpha value is -1.82. The third-order valence-corrected chi connectivity index (χ3v) is 5.90. The number of piperidine rings is 1. The van der Waals surface area contributed by atoms with Gasteiger partial charge in [0.15, 0.2) is 0 Å². The predicted molar refractivity (Wildman–Crippen MR) is 90.4 cm³/mol. The van der Waals surface area contributed by atoms with E-state index >= 15 is 0 Å². The molecule has 0 unspecified atom stereocenters. The molecule has 1 saturated carbocycles. The third-order valence-electron chi connectivity index (χ3n) is 5.90. The molecule has 3 heterocycles. The molecule has 1 aromatic rings. The van der Waals surface area contributed by atoms with Crippen LogP contribution in [-0.4, -0.2) is 42.0 Å². The summed E-state index contributed by atoms with van der Waals surface area (Å²) < 4.78 is 11.2. The number of likely N-dealkylation sites (tertiary alicyclic amines) is 1. The van der Waals surface area contributed by atoms with E-state index in [4.69, 9.17) is 9.15 Å². The quantitative estimate of drug-likeness (QED) is 0.904. The zero-order valence-electron chi connectivity index (χ0n) is 14.6. The maximum atomic E-state index is 12.5. The SMILES string of the molecule is CC1CC(C(=O)N2CC[C@@H]3C[C@@H](C(=O)NCc4ccco4)O[C@H]3C2)C1. The predicted octanol–water partition coefficient (Wildman–Crippen LogP) is 1.95. The maximum Gasteiger partial charge on any atom is 0.249 e. The van der Waals surface area contributed by atoms with Crippen molar-refractivity contribution in [2.24, 2.45) is 17.8 Å². The highest BCUT2D eigenvalue weighted by molar-refractivity contribution is 5.81. The molecule has 0 radical (unpaired) electrons. The lowest BCUT2D eigenvalue weighted by Gasteiger charge is -2.40. The largest absolute Gasteiger partial charge is 0.467 e. The summed E-state index contributed by atoms with van der Waals surface area (Å²) in [5.41, 5.74) is 0. The first-order valence-corrected chi connectivity index (χ1v) is 9.34. The van der Waals surface area contributed by atoms with Crippen molar-refractivity contribution in [3.63, 3.8) is 0 Å². The van der Waals surface area contributed by atoms with Crippen LogP contribution in [0.5, 0.6) is 0 Å². The van der Waals surface area contributed by atoms with Gasteiger partial charge >= 0.3 is 0 Å². The fourth-order valence-corrected chi connectivity index (χ4v) is 4.36.